The van der Waals surface area contributed by atoms with Gasteiger partial charge in [-0.25, -0.2) is 13.1 Å². The third-order valence-corrected chi connectivity index (χ3v) is 6.59. The zero-order valence-electron chi connectivity index (χ0n) is 19.8. The SMILES string of the molecule is COc1ccc(-c2cccc(C(=O)Nc3cccc(S(=O)(=O)NC(=O)[C@@H](N)CC(C)C)c3)c2)cc1. The molecule has 0 fully saturated rings. The van der Waals surface area contributed by atoms with Crippen molar-refractivity contribution in [3.63, 3.8) is 0 Å². The fraction of sp³-hybridized carbons (Fsp3) is 0.231. The van der Waals surface area contributed by atoms with Gasteiger partial charge in [-0.3, -0.25) is 9.59 Å². The van der Waals surface area contributed by atoms with Crippen LogP contribution in [-0.4, -0.2) is 33.4 Å². The molecule has 8 nitrogen and oxygen atoms in total. The highest BCUT2D eigenvalue weighted by atomic mass is 32.2. The largest absolute Gasteiger partial charge is 0.497 e. The lowest BCUT2D eigenvalue weighted by Gasteiger charge is -2.15. The summed E-state index contributed by atoms with van der Waals surface area (Å²) in [5.41, 5.74) is 8.23. The normalized spacial score (nSPS) is 12.1. The van der Waals surface area contributed by atoms with Crippen LogP contribution in [0.15, 0.2) is 77.7 Å². The van der Waals surface area contributed by atoms with Crippen LogP contribution in [-0.2, 0) is 14.8 Å². The van der Waals surface area contributed by atoms with Gasteiger partial charge >= 0.3 is 0 Å². The molecule has 35 heavy (non-hydrogen) atoms. The van der Waals surface area contributed by atoms with Crippen LogP contribution in [0, 0.1) is 5.92 Å². The lowest BCUT2D eigenvalue weighted by atomic mass is 10.0. The Morgan fingerprint density at radius 1 is 0.943 bits per heavy atom. The molecule has 184 valence electrons. The van der Waals surface area contributed by atoms with Crippen LogP contribution in [0.3, 0.4) is 0 Å². The van der Waals surface area contributed by atoms with Crippen molar-refractivity contribution in [2.75, 3.05) is 12.4 Å². The maximum absolute atomic E-state index is 12.9. The molecular weight excluding hydrogens is 466 g/mol. The Labute approximate surface area is 205 Å². The van der Waals surface area contributed by atoms with Crippen LogP contribution in [0.1, 0.15) is 30.6 Å². The van der Waals surface area contributed by atoms with Gasteiger partial charge in [0.1, 0.15) is 5.75 Å². The van der Waals surface area contributed by atoms with Crippen molar-refractivity contribution in [1.82, 2.24) is 4.72 Å². The molecule has 0 heterocycles. The number of benzene rings is 3. The second kappa shape index (κ2) is 11.2. The van der Waals surface area contributed by atoms with Gasteiger partial charge in [0.2, 0.25) is 0 Å². The summed E-state index contributed by atoms with van der Waals surface area (Å²) >= 11 is 0. The van der Waals surface area contributed by atoms with E-state index in [4.69, 9.17) is 10.5 Å². The molecule has 0 saturated carbocycles. The fourth-order valence-corrected chi connectivity index (χ4v) is 4.52. The lowest BCUT2D eigenvalue weighted by molar-refractivity contribution is -0.120. The number of anilines is 1. The van der Waals surface area contributed by atoms with E-state index in [1.165, 1.54) is 18.2 Å². The molecule has 0 aliphatic carbocycles. The molecule has 0 unspecified atom stereocenters. The van der Waals surface area contributed by atoms with Crippen molar-refractivity contribution in [3.8, 4) is 16.9 Å². The maximum Gasteiger partial charge on any atom is 0.264 e. The molecule has 0 bridgehead atoms. The monoisotopic (exact) mass is 495 g/mol. The highest BCUT2D eigenvalue weighted by Crippen LogP contribution is 2.24. The van der Waals surface area contributed by atoms with Gasteiger partial charge in [-0.1, -0.05) is 44.2 Å². The van der Waals surface area contributed by atoms with Crippen LogP contribution >= 0.6 is 0 Å². The molecule has 1 atom stereocenters. The molecule has 0 aliphatic heterocycles. The van der Waals surface area contributed by atoms with Gasteiger partial charge < -0.3 is 15.8 Å². The van der Waals surface area contributed by atoms with Crippen LogP contribution in [0.25, 0.3) is 11.1 Å². The minimum absolute atomic E-state index is 0.139. The van der Waals surface area contributed by atoms with Crippen molar-refractivity contribution >= 4 is 27.5 Å². The highest BCUT2D eigenvalue weighted by molar-refractivity contribution is 7.90. The smallest absolute Gasteiger partial charge is 0.264 e. The number of carbonyl (C=O) groups excluding carboxylic acids is 2. The molecule has 0 aliphatic rings. The average molecular weight is 496 g/mol. The number of hydrogen-bond acceptors (Lipinski definition) is 6. The summed E-state index contributed by atoms with van der Waals surface area (Å²) in [4.78, 5) is 24.9. The molecule has 0 saturated heterocycles. The number of ether oxygens (including phenoxy) is 1. The third kappa shape index (κ3) is 6.91. The van der Waals surface area contributed by atoms with Gasteiger partial charge in [0.25, 0.3) is 21.8 Å². The van der Waals surface area contributed by atoms with Gasteiger partial charge in [-0.05, 0) is 65.9 Å². The highest BCUT2D eigenvalue weighted by Gasteiger charge is 2.23. The van der Waals surface area contributed by atoms with Crippen molar-refractivity contribution < 1.29 is 22.7 Å². The molecule has 9 heteroatoms. The summed E-state index contributed by atoms with van der Waals surface area (Å²) in [6.07, 6.45) is 0.354. The zero-order valence-corrected chi connectivity index (χ0v) is 20.6. The standard InChI is InChI=1S/C26H29N3O5S/c1-17(2)14-24(27)26(31)29-35(32,33)23-9-5-8-21(16-23)28-25(30)20-7-4-6-19(15-20)18-10-12-22(34-3)13-11-18/h4-13,15-17,24H,14,27H2,1-3H3,(H,28,30)(H,29,31)/t24-/m0/s1. The number of nitrogens with one attached hydrogen (secondary N) is 2. The Kier molecular flexibility index (Phi) is 8.26. The molecule has 3 rings (SSSR count). The van der Waals surface area contributed by atoms with E-state index in [0.29, 0.717) is 12.0 Å². The van der Waals surface area contributed by atoms with Gasteiger partial charge in [0, 0.05) is 11.3 Å². The first-order valence-electron chi connectivity index (χ1n) is 11.1. The van der Waals surface area contributed by atoms with Gasteiger partial charge in [-0.2, -0.15) is 0 Å². The molecular formula is C26H29N3O5S. The summed E-state index contributed by atoms with van der Waals surface area (Å²) in [7, 11) is -2.56. The maximum atomic E-state index is 12.9. The Balaban J connectivity index is 1.74. The predicted octanol–water partition coefficient (Wildman–Crippen LogP) is 3.79. The van der Waals surface area contributed by atoms with E-state index in [1.807, 2.05) is 48.9 Å². The second-order valence-corrected chi connectivity index (χ2v) is 10.2. The molecule has 4 N–H and O–H groups in total. The molecule has 3 aromatic carbocycles. The Hall–Kier alpha value is -3.69. The Morgan fingerprint density at radius 3 is 2.29 bits per heavy atom. The predicted molar refractivity (Wildman–Crippen MR) is 136 cm³/mol. The van der Waals surface area contributed by atoms with E-state index in [1.54, 1.807) is 31.4 Å². The van der Waals surface area contributed by atoms with Crippen LogP contribution in [0.5, 0.6) is 5.75 Å². The van der Waals surface area contributed by atoms with Crippen LogP contribution in [0.2, 0.25) is 0 Å². The topological polar surface area (TPSA) is 128 Å². The number of nitrogens with two attached hydrogens (primary N) is 1. The number of sulfonamides is 1. The zero-order chi connectivity index (χ0) is 25.6. The molecule has 0 aromatic heterocycles. The van der Waals surface area contributed by atoms with E-state index in [0.717, 1.165) is 16.9 Å². The second-order valence-electron chi connectivity index (χ2n) is 8.50. The number of rotatable bonds is 9. The first-order valence-corrected chi connectivity index (χ1v) is 12.6. The fourth-order valence-electron chi connectivity index (χ4n) is 3.45. The minimum Gasteiger partial charge on any atom is -0.497 e. The minimum atomic E-state index is -4.15. The van der Waals surface area contributed by atoms with E-state index in [-0.39, 0.29) is 16.5 Å². The summed E-state index contributed by atoms with van der Waals surface area (Å²) < 4.78 is 32.5. The van der Waals surface area contributed by atoms with Gasteiger partial charge in [-0.15, -0.1) is 0 Å². The Bertz CT molecular complexity index is 1300. The number of methoxy groups -OCH3 is 1. The third-order valence-electron chi connectivity index (χ3n) is 5.25. The lowest BCUT2D eigenvalue weighted by Crippen LogP contribution is -2.43. The summed E-state index contributed by atoms with van der Waals surface area (Å²) in [6.45, 7) is 3.78. The average Bonchev–Trinajstić information content (AvgIpc) is 2.83. The van der Waals surface area contributed by atoms with Gasteiger partial charge in [0.15, 0.2) is 0 Å². The van der Waals surface area contributed by atoms with Crippen LogP contribution < -0.4 is 20.5 Å². The van der Waals surface area contributed by atoms with Crippen molar-refractivity contribution in [2.24, 2.45) is 11.7 Å². The number of amides is 2. The summed E-state index contributed by atoms with van der Waals surface area (Å²) in [5, 5.41) is 2.71. The van der Waals surface area contributed by atoms with Crippen LogP contribution in [0.4, 0.5) is 5.69 Å². The summed E-state index contributed by atoms with van der Waals surface area (Å²) in [6, 6.07) is 19.3. The number of carbonyl (C=O) groups is 2. The first-order chi connectivity index (χ1) is 16.6. The van der Waals surface area contributed by atoms with Crippen molar-refractivity contribution in [1.29, 1.82) is 0 Å². The first kappa shape index (κ1) is 25.9. The quantitative estimate of drug-likeness (QED) is 0.414. The van der Waals surface area contributed by atoms with Gasteiger partial charge in [0.05, 0.1) is 18.0 Å². The molecule has 3 aromatic rings. The van der Waals surface area contributed by atoms with E-state index >= 15 is 0 Å². The summed E-state index contributed by atoms with van der Waals surface area (Å²) in [5.74, 6) is -0.308. The number of hydrogen-bond donors (Lipinski definition) is 3. The van der Waals surface area contributed by atoms with E-state index < -0.39 is 27.9 Å². The van der Waals surface area contributed by atoms with E-state index in [9.17, 15) is 18.0 Å². The Morgan fingerprint density at radius 2 is 1.63 bits per heavy atom. The van der Waals surface area contributed by atoms with Crippen molar-refractivity contribution in [3.05, 3.63) is 78.4 Å². The van der Waals surface area contributed by atoms with Crippen molar-refractivity contribution in [2.45, 2.75) is 31.2 Å². The molecule has 0 radical (unpaired) electrons. The molecule has 2 amide bonds. The molecule has 0 spiro atoms. The van der Waals surface area contributed by atoms with E-state index in [2.05, 4.69) is 5.32 Å².